The highest BCUT2D eigenvalue weighted by molar-refractivity contribution is 9.10. The molecule has 1 atom stereocenters. The molecule has 0 amide bonds. The molecule has 1 aliphatic heterocycles. The maximum absolute atomic E-state index is 6.40. The standard InChI is InChI=1S/C16H15Br2NO2/c17-11-4-2-10(3-5-11)16(19)12-8-14-15(9-13(12)18)21-7-1-6-20-14/h2-5,8-9,16H,1,6-7,19H2. The van der Waals surface area contributed by atoms with E-state index in [2.05, 4.69) is 31.9 Å². The lowest BCUT2D eigenvalue weighted by molar-refractivity contribution is 0.297. The number of nitrogens with two attached hydrogens (primary N) is 1. The Bertz CT molecular complexity index is 643. The molecule has 2 aromatic carbocycles. The number of ether oxygens (including phenoxy) is 2. The number of hydrogen-bond acceptors (Lipinski definition) is 3. The Hall–Kier alpha value is -1.04. The first-order valence-electron chi connectivity index (χ1n) is 6.75. The van der Waals surface area contributed by atoms with E-state index in [9.17, 15) is 0 Å². The van der Waals surface area contributed by atoms with E-state index in [0.717, 1.165) is 38.0 Å². The van der Waals surface area contributed by atoms with Crippen LogP contribution in [0.4, 0.5) is 0 Å². The summed E-state index contributed by atoms with van der Waals surface area (Å²) in [4.78, 5) is 0. The fraction of sp³-hybridized carbons (Fsp3) is 0.250. The van der Waals surface area contributed by atoms with Crippen molar-refractivity contribution in [1.82, 2.24) is 0 Å². The molecule has 1 aliphatic rings. The summed E-state index contributed by atoms with van der Waals surface area (Å²) >= 11 is 7.03. The van der Waals surface area contributed by atoms with Gasteiger partial charge in [-0.1, -0.05) is 44.0 Å². The summed E-state index contributed by atoms with van der Waals surface area (Å²) in [6, 6.07) is 11.7. The van der Waals surface area contributed by atoms with Crippen molar-refractivity contribution in [3.05, 3.63) is 56.5 Å². The average Bonchev–Trinajstić information content (AvgIpc) is 2.71. The normalized spacial score (nSPS) is 15.4. The van der Waals surface area contributed by atoms with Crippen molar-refractivity contribution in [3.8, 4) is 11.5 Å². The van der Waals surface area contributed by atoms with E-state index in [1.165, 1.54) is 0 Å². The zero-order chi connectivity index (χ0) is 14.8. The molecule has 0 fully saturated rings. The van der Waals surface area contributed by atoms with Crippen LogP contribution in [-0.4, -0.2) is 13.2 Å². The molecule has 0 aromatic heterocycles. The minimum atomic E-state index is -0.218. The molecule has 0 saturated carbocycles. The highest BCUT2D eigenvalue weighted by atomic mass is 79.9. The van der Waals surface area contributed by atoms with Crippen molar-refractivity contribution < 1.29 is 9.47 Å². The quantitative estimate of drug-likeness (QED) is 0.793. The molecule has 0 saturated heterocycles. The van der Waals surface area contributed by atoms with Gasteiger partial charge in [0, 0.05) is 15.4 Å². The van der Waals surface area contributed by atoms with E-state index in [-0.39, 0.29) is 6.04 Å². The third-order valence-corrected chi connectivity index (χ3v) is 4.65. The molecule has 0 bridgehead atoms. The molecule has 110 valence electrons. The fourth-order valence-corrected chi connectivity index (χ4v) is 3.12. The summed E-state index contributed by atoms with van der Waals surface area (Å²) in [5.74, 6) is 1.53. The molecule has 5 heteroatoms. The van der Waals surface area contributed by atoms with Gasteiger partial charge in [0.05, 0.1) is 19.3 Å². The van der Waals surface area contributed by atoms with Crippen molar-refractivity contribution in [2.24, 2.45) is 5.73 Å². The van der Waals surface area contributed by atoms with Gasteiger partial charge in [-0.05, 0) is 35.4 Å². The molecule has 0 aliphatic carbocycles. The number of rotatable bonds is 2. The molecular weight excluding hydrogens is 398 g/mol. The molecule has 3 rings (SSSR count). The Morgan fingerprint density at radius 1 is 0.952 bits per heavy atom. The maximum Gasteiger partial charge on any atom is 0.162 e. The lowest BCUT2D eigenvalue weighted by Crippen LogP contribution is -2.12. The first kappa shape index (κ1) is 14.9. The van der Waals surface area contributed by atoms with Crippen molar-refractivity contribution in [2.75, 3.05) is 13.2 Å². The smallest absolute Gasteiger partial charge is 0.162 e. The van der Waals surface area contributed by atoms with Crippen LogP contribution >= 0.6 is 31.9 Å². The highest BCUT2D eigenvalue weighted by Crippen LogP contribution is 2.38. The Morgan fingerprint density at radius 2 is 1.57 bits per heavy atom. The number of fused-ring (bicyclic) bond motifs is 1. The van der Waals surface area contributed by atoms with Crippen LogP contribution in [0, 0.1) is 0 Å². The van der Waals surface area contributed by atoms with Gasteiger partial charge in [-0.25, -0.2) is 0 Å². The molecule has 0 spiro atoms. The van der Waals surface area contributed by atoms with Crippen LogP contribution in [-0.2, 0) is 0 Å². The molecule has 2 aromatic rings. The number of benzene rings is 2. The van der Waals surface area contributed by atoms with Crippen molar-refractivity contribution in [2.45, 2.75) is 12.5 Å². The second-order valence-corrected chi connectivity index (χ2v) is 6.67. The highest BCUT2D eigenvalue weighted by Gasteiger charge is 2.18. The Balaban J connectivity index is 1.97. The van der Waals surface area contributed by atoms with Gasteiger partial charge in [0.15, 0.2) is 11.5 Å². The van der Waals surface area contributed by atoms with Crippen LogP contribution in [0.1, 0.15) is 23.6 Å². The third kappa shape index (κ3) is 3.25. The first-order chi connectivity index (χ1) is 10.1. The van der Waals surface area contributed by atoms with Gasteiger partial charge in [-0.2, -0.15) is 0 Å². The molecule has 1 unspecified atom stereocenters. The first-order valence-corrected chi connectivity index (χ1v) is 8.34. The molecular formula is C16H15Br2NO2. The topological polar surface area (TPSA) is 44.5 Å². The van der Waals surface area contributed by atoms with Gasteiger partial charge in [-0.15, -0.1) is 0 Å². The van der Waals surface area contributed by atoms with Crippen LogP contribution in [0.5, 0.6) is 11.5 Å². The number of hydrogen-bond donors (Lipinski definition) is 1. The molecule has 21 heavy (non-hydrogen) atoms. The SMILES string of the molecule is NC(c1ccc(Br)cc1)c1cc2c(cc1Br)OCCCO2. The van der Waals surface area contributed by atoms with E-state index in [1.807, 2.05) is 36.4 Å². The lowest BCUT2D eigenvalue weighted by atomic mass is 9.99. The Morgan fingerprint density at radius 3 is 2.24 bits per heavy atom. The lowest BCUT2D eigenvalue weighted by Gasteiger charge is -2.17. The average molecular weight is 413 g/mol. The van der Waals surface area contributed by atoms with Crippen LogP contribution in [0.25, 0.3) is 0 Å². The predicted molar refractivity (Wildman–Crippen MR) is 89.9 cm³/mol. The van der Waals surface area contributed by atoms with Gasteiger partial charge in [0.25, 0.3) is 0 Å². The van der Waals surface area contributed by atoms with E-state index < -0.39 is 0 Å². The van der Waals surface area contributed by atoms with Crippen molar-refractivity contribution in [3.63, 3.8) is 0 Å². The zero-order valence-corrected chi connectivity index (χ0v) is 14.5. The molecule has 3 nitrogen and oxygen atoms in total. The zero-order valence-electron chi connectivity index (χ0n) is 11.3. The minimum Gasteiger partial charge on any atom is -0.490 e. The summed E-state index contributed by atoms with van der Waals surface area (Å²) in [5, 5.41) is 0. The van der Waals surface area contributed by atoms with E-state index in [4.69, 9.17) is 15.2 Å². The molecule has 1 heterocycles. The predicted octanol–water partition coefficient (Wildman–Crippen LogP) is 4.42. The Labute approximate surface area is 140 Å². The van der Waals surface area contributed by atoms with Gasteiger partial charge in [-0.3, -0.25) is 0 Å². The van der Waals surface area contributed by atoms with Crippen LogP contribution in [0.2, 0.25) is 0 Å². The fourth-order valence-electron chi connectivity index (χ4n) is 2.29. The molecule has 0 radical (unpaired) electrons. The van der Waals surface area contributed by atoms with E-state index >= 15 is 0 Å². The van der Waals surface area contributed by atoms with Gasteiger partial charge in [0.2, 0.25) is 0 Å². The summed E-state index contributed by atoms with van der Waals surface area (Å²) < 4.78 is 13.4. The largest absolute Gasteiger partial charge is 0.490 e. The van der Waals surface area contributed by atoms with Gasteiger partial charge < -0.3 is 15.2 Å². The van der Waals surface area contributed by atoms with Gasteiger partial charge >= 0.3 is 0 Å². The second-order valence-electron chi connectivity index (χ2n) is 4.90. The summed E-state index contributed by atoms with van der Waals surface area (Å²) in [6.07, 6.45) is 0.889. The third-order valence-electron chi connectivity index (χ3n) is 3.43. The number of halogens is 2. The van der Waals surface area contributed by atoms with Crippen LogP contribution in [0.15, 0.2) is 45.3 Å². The minimum absolute atomic E-state index is 0.218. The van der Waals surface area contributed by atoms with Crippen LogP contribution in [0.3, 0.4) is 0 Å². The van der Waals surface area contributed by atoms with E-state index in [0.29, 0.717) is 13.2 Å². The van der Waals surface area contributed by atoms with Crippen molar-refractivity contribution in [1.29, 1.82) is 0 Å². The maximum atomic E-state index is 6.40. The van der Waals surface area contributed by atoms with E-state index in [1.54, 1.807) is 0 Å². The second kappa shape index (κ2) is 6.38. The summed E-state index contributed by atoms with van der Waals surface area (Å²) in [6.45, 7) is 1.35. The van der Waals surface area contributed by atoms with Crippen LogP contribution < -0.4 is 15.2 Å². The monoisotopic (exact) mass is 411 g/mol. The van der Waals surface area contributed by atoms with Gasteiger partial charge in [0.1, 0.15) is 0 Å². The summed E-state index contributed by atoms with van der Waals surface area (Å²) in [5.41, 5.74) is 8.43. The summed E-state index contributed by atoms with van der Waals surface area (Å²) in [7, 11) is 0. The Kier molecular flexibility index (Phi) is 4.52. The van der Waals surface area contributed by atoms with Crippen molar-refractivity contribution >= 4 is 31.9 Å². The molecule has 2 N–H and O–H groups in total.